The van der Waals surface area contributed by atoms with Crippen molar-refractivity contribution in [2.45, 2.75) is 25.4 Å². The number of ether oxygens (including phenoxy) is 1. The highest BCUT2D eigenvalue weighted by molar-refractivity contribution is 5.61. The zero-order chi connectivity index (χ0) is 8.53. The van der Waals surface area contributed by atoms with Gasteiger partial charge in [0.15, 0.2) is 0 Å². The van der Waals surface area contributed by atoms with Crippen molar-refractivity contribution in [1.29, 1.82) is 0 Å². The molecule has 0 aromatic rings. The van der Waals surface area contributed by atoms with Crippen LogP contribution in [0.3, 0.4) is 0 Å². The minimum Gasteiger partial charge on any atom is -0.411 e. The predicted octanol–water partition coefficient (Wildman–Crippen LogP) is 1.82. The Kier molecular flexibility index (Phi) is 6.73. The Morgan fingerprint density at radius 2 is 2.45 bits per heavy atom. The molecule has 0 heterocycles. The third-order valence-electron chi connectivity index (χ3n) is 1.43. The van der Waals surface area contributed by atoms with Gasteiger partial charge < -0.3 is 9.94 Å². The molecule has 64 valence electrons. The van der Waals surface area contributed by atoms with Crippen LogP contribution in [0.2, 0.25) is 0 Å². The van der Waals surface area contributed by atoms with Crippen molar-refractivity contribution in [1.82, 2.24) is 0 Å². The maximum absolute atomic E-state index is 8.19. The van der Waals surface area contributed by atoms with E-state index in [-0.39, 0.29) is 6.10 Å². The predicted molar refractivity (Wildman–Crippen MR) is 45.1 cm³/mol. The summed E-state index contributed by atoms with van der Waals surface area (Å²) < 4.78 is 4.99. The second kappa shape index (κ2) is 7.28. The maximum Gasteiger partial charge on any atom is 0.0955 e. The molecule has 1 unspecified atom stereocenters. The minimum atomic E-state index is -0.0695. The summed E-state index contributed by atoms with van der Waals surface area (Å²) in [6.45, 7) is 3.61. The van der Waals surface area contributed by atoms with Crippen LogP contribution in [0, 0.1) is 0 Å². The Morgan fingerprint density at radius 1 is 1.73 bits per heavy atom. The third-order valence-corrected chi connectivity index (χ3v) is 1.43. The molecule has 0 saturated heterocycles. The first-order valence-electron chi connectivity index (χ1n) is 3.66. The number of hydrogen-bond donors (Lipinski definition) is 1. The van der Waals surface area contributed by atoms with Crippen molar-refractivity contribution in [3.05, 3.63) is 12.7 Å². The number of oxime groups is 1. The Balaban J connectivity index is 3.43. The van der Waals surface area contributed by atoms with E-state index in [1.54, 1.807) is 7.11 Å². The smallest absolute Gasteiger partial charge is 0.0955 e. The lowest BCUT2D eigenvalue weighted by atomic mass is 10.1. The molecule has 0 bridgehead atoms. The van der Waals surface area contributed by atoms with E-state index in [1.165, 1.54) is 6.21 Å². The van der Waals surface area contributed by atoms with Gasteiger partial charge in [0.2, 0.25) is 0 Å². The average Bonchev–Trinajstić information content (AvgIpc) is 2.03. The van der Waals surface area contributed by atoms with E-state index >= 15 is 0 Å². The first kappa shape index (κ1) is 10.2. The molecule has 0 aromatic carbocycles. The molecule has 0 rings (SSSR count). The van der Waals surface area contributed by atoms with Gasteiger partial charge in [0.1, 0.15) is 0 Å². The molecule has 1 N–H and O–H groups in total. The Labute approximate surface area is 67.4 Å². The topological polar surface area (TPSA) is 41.8 Å². The molecule has 0 aromatic heterocycles. The van der Waals surface area contributed by atoms with Gasteiger partial charge in [0.05, 0.1) is 12.3 Å². The lowest BCUT2D eigenvalue weighted by Crippen LogP contribution is -2.11. The molecule has 3 nitrogen and oxygen atoms in total. The molecular formula is C8H15NO2. The van der Waals surface area contributed by atoms with E-state index in [0.29, 0.717) is 0 Å². The molecule has 11 heavy (non-hydrogen) atoms. The molecular weight excluding hydrogens is 142 g/mol. The first-order valence-corrected chi connectivity index (χ1v) is 3.66. The second-order valence-corrected chi connectivity index (χ2v) is 2.26. The van der Waals surface area contributed by atoms with Crippen molar-refractivity contribution in [3.63, 3.8) is 0 Å². The summed E-state index contributed by atoms with van der Waals surface area (Å²) in [7, 11) is 1.60. The molecule has 3 heteroatoms. The van der Waals surface area contributed by atoms with Crippen molar-refractivity contribution in [3.8, 4) is 0 Å². The number of nitrogens with zero attached hydrogens (tertiary/aromatic N) is 1. The number of allylic oxidation sites excluding steroid dienone is 1. The van der Waals surface area contributed by atoms with Crippen LogP contribution in [-0.4, -0.2) is 24.6 Å². The summed E-state index contributed by atoms with van der Waals surface area (Å²) in [4.78, 5) is 0. The molecule has 0 fully saturated rings. The highest BCUT2D eigenvalue weighted by atomic mass is 16.5. The SMILES string of the molecule is C=CCCCC(C=NO)OC. The van der Waals surface area contributed by atoms with Crippen molar-refractivity contribution in [2.75, 3.05) is 7.11 Å². The normalized spacial score (nSPS) is 13.5. The summed E-state index contributed by atoms with van der Waals surface area (Å²) >= 11 is 0. The standard InChI is InChI=1S/C8H15NO2/c1-3-4-5-6-8(11-2)7-9-10/h3,7-8,10H,1,4-6H2,2H3. The zero-order valence-electron chi connectivity index (χ0n) is 6.86. The van der Waals surface area contributed by atoms with Gasteiger partial charge in [-0.3, -0.25) is 0 Å². The number of methoxy groups -OCH3 is 1. The van der Waals surface area contributed by atoms with Crippen LogP contribution in [0.4, 0.5) is 0 Å². The third kappa shape index (κ3) is 5.61. The summed E-state index contributed by atoms with van der Waals surface area (Å²) in [5, 5.41) is 11.1. The van der Waals surface area contributed by atoms with E-state index in [2.05, 4.69) is 11.7 Å². The van der Waals surface area contributed by atoms with Crippen LogP contribution in [0.15, 0.2) is 17.8 Å². The van der Waals surface area contributed by atoms with Gasteiger partial charge in [-0.2, -0.15) is 0 Å². The zero-order valence-corrected chi connectivity index (χ0v) is 6.86. The van der Waals surface area contributed by atoms with Gasteiger partial charge in [-0.05, 0) is 19.3 Å². The number of rotatable bonds is 6. The fourth-order valence-electron chi connectivity index (χ4n) is 0.791. The van der Waals surface area contributed by atoms with E-state index in [9.17, 15) is 0 Å². The number of unbranched alkanes of at least 4 members (excludes halogenated alkanes) is 1. The van der Waals surface area contributed by atoms with Crippen LogP contribution in [0.1, 0.15) is 19.3 Å². The summed E-state index contributed by atoms with van der Waals surface area (Å²) in [6, 6.07) is 0. The van der Waals surface area contributed by atoms with Gasteiger partial charge in [0, 0.05) is 7.11 Å². The van der Waals surface area contributed by atoms with Crippen LogP contribution < -0.4 is 0 Å². The lowest BCUT2D eigenvalue weighted by Gasteiger charge is -2.06. The van der Waals surface area contributed by atoms with Crippen molar-refractivity contribution in [2.24, 2.45) is 5.16 Å². The fourth-order valence-corrected chi connectivity index (χ4v) is 0.791. The van der Waals surface area contributed by atoms with Crippen LogP contribution >= 0.6 is 0 Å². The van der Waals surface area contributed by atoms with Gasteiger partial charge in [0.25, 0.3) is 0 Å². The summed E-state index contributed by atoms with van der Waals surface area (Å²) in [5.41, 5.74) is 0. The summed E-state index contributed by atoms with van der Waals surface area (Å²) in [6.07, 6.45) is 6.03. The minimum absolute atomic E-state index is 0.0695. The maximum atomic E-state index is 8.19. The van der Waals surface area contributed by atoms with Gasteiger partial charge in [-0.15, -0.1) is 6.58 Å². The molecule has 0 aliphatic heterocycles. The highest BCUT2D eigenvalue weighted by Crippen LogP contribution is 2.02. The second-order valence-electron chi connectivity index (χ2n) is 2.26. The van der Waals surface area contributed by atoms with E-state index < -0.39 is 0 Å². The quantitative estimate of drug-likeness (QED) is 0.210. The van der Waals surface area contributed by atoms with Crippen LogP contribution in [0.5, 0.6) is 0 Å². The molecule has 0 aliphatic rings. The Hall–Kier alpha value is -0.830. The van der Waals surface area contributed by atoms with Gasteiger partial charge in [-0.1, -0.05) is 11.2 Å². The fraction of sp³-hybridized carbons (Fsp3) is 0.625. The molecule has 0 amide bonds. The Bertz CT molecular complexity index is 123. The largest absolute Gasteiger partial charge is 0.411 e. The average molecular weight is 157 g/mol. The molecule has 0 aliphatic carbocycles. The molecule has 1 atom stereocenters. The molecule has 0 spiro atoms. The first-order chi connectivity index (χ1) is 5.35. The summed E-state index contributed by atoms with van der Waals surface area (Å²) in [5.74, 6) is 0. The van der Waals surface area contributed by atoms with E-state index in [0.717, 1.165) is 19.3 Å². The van der Waals surface area contributed by atoms with Gasteiger partial charge in [-0.25, -0.2) is 0 Å². The number of hydrogen-bond acceptors (Lipinski definition) is 3. The van der Waals surface area contributed by atoms with E-state index in [4.69, 9.17) is 9.94 Å². The Morgan fingerprint density at radius 3 is 2.91 bits per heavy atom. The highest BCUT2D eigenvalue weighted by Gasteiger charge is 2.01. The monoisotopic (exact) mass is 157 g/mol. The van der Waals surface area contributed by atoms with E-state index in [1.807, 2.05) is 6.08 Å². The van der Waals surface area contributed by atoms with Crippen molar-refractivity contribution >= 4 is 6.21 Å². The van der Waals surface area contributed by atoms with Crippen LogP contribution in [-0.2, 0) is 4.74 Å². The van der Waals surface area contributed by atoms with Crippen molar-refractivity contribution < 1.29 is 9.94 Å². The molecule has 0 saturated carbocycles. The van der Waals surface area contributed by atoms with Gasteiger partial charge >= 0.3 is 0 Å². The van der Waals surface area contributed by atoms with Crippen LogP contribution in [0.25, 0.3) is 0 Å². The molecule has 0 radical (unpaired) electrons. The lowest BCUT2D eigenvalue weighted by molar-refractivity contribution is 0.147.